The van der Waals surface area contributed by atoms with Crippen molar-refractivity contribution in [1.82, 2.24) is 0 Å². The highest BCUT2D eigenvalue weighted by Gasteiger charge is 2.41. The average Bonchev–Trinajstić information content (AvgIpc) is 2.18. The quantitative estimate of drug-likeness (QED) is 0.657. The molecule has 9 heteroatoms. The molecule has 1 rings (SSSR count). The molecule has 4 N–H and O–H groups in total. The minimum absolute atomic E-state index is 0.203. The van der Waals surface area contributed by atoms with Gasteiger partial charge in [-0.1, -0.05) is 12.2 Å². The van der Waals surface area contributed by atoms with Gasteiger partial charge in [-0.3, -0.25) is 0 Å². The lowest BCUT2D eigenvalue weighted by Crippen LogP contribution is -2.42. The number of nitrogens with two attached hydrogens (primary N) is 2. The molecule has 0 aromatic heterocycles. The van der Waals surface area contributed by atoms with Crippen LogP contribution >= 0.6 is 0 Å². The topological polar surface area (TPSA) is 130 Å². The predicted octanol–water partition coefficient (Wildman–Crippen LogP) is -0.819. The summed E-state index contributed by atoms with van der Waals surface area (Å²) in [4.78, 5) is -0.433. The van der Waals surface area contributed by atoms with Crippen LogP contribution in [0.1, 0.15) is 13.8 Å². The van der Waals surface area contributed by atoms with Gasteiger partial charge in [0, 0.05) is 7.11 Å². The third kappa shape index (κ3) is 2.64. The van der Waals surface area contributed by atoms with Crippen LogP contribution < -0.4 is 10.3 Å². The van der Waals surface area contributed by atoms with Crippen LogP contribution in [0.3, 0.4) is 0 Å². The molecule has 0 aromatic rings. The van der Waals surface area contributed by atoms with Gasteiger partial charge in [0.2, 0.25) is 20.0 Å². The van der Waals surface area contributed by atoms with Gasteiger partial charge in [-0.05, 0) is 19.4 Å². The SMILES string of the molecule is COC1(C)C=CC(S(N)(=O)=O)C(S(N)(=O)=O)=C1C. The van der Waals surface area contributed by atoms with Gasteiger partial charge in [0.05, 0.1) is 4.91 Å². The summed E-state index contributed by atoms with van der Waals surface area (Å²) in [6.07, 6.45) is 2.62. The summed E-state index contributed by atoms with van der Waals surface area (Å²) in [5, 5.41) is 8.61. The molecule has 1 aliphatic carbocycles. The van der Waals surface area contributed by atoms with Crippen molar-refractivity contribution in [3.05, 3.63) is 22.6 Å². The smallest absolute Gasteiger partial charge is 0.235 e. The Bertz CT molecular complexity index is 617. The zero-order valence-corrected chi connectivity index (χ0v) is 11.9. The van der Waals surface area contributed by atoms with Crippen LogP contribution in [0.2, 0.25) is 0 Å². The first-order valence-corrected chi connectivity index (χ1v) is 8.09. The van der Waals surface area contributed by atoms with Gasteiger partial charge in [0.1, 0.15) is 10.9 Å². The Morgan fingerprint density at radius 1 is 1.28 bits per heavy atom. The Balaban J connectivity index is 3.63. The van der Waals surface area contributed by atoms with Crippen LogP contribution in [0.25, 0.3) is 0 Å². The molecule has 0 aliphatic heterocycles. The summed E-state index contributed by atoms with van der Waals surface area (Å²) in [5.74, 6) is 0. The Kier molecular flexibility index (Phi) is 3.76. The summed E-state index contributed by atoms with van der Waals surface area (Å²) in [6.45, 7) is 3.05. The molecule has 18 heavy (non-hydrogen) atoms. The van der Waals surface area contributed by atoms with Crippen LogP contribution in [0.4, 0.5) is 0 Å². The molecule has 0 spiro atoms. The van der Waals surface area contributed by atoms with Crippen molar-refractivity contribution in [3.63, 3.8) is 0 Å². The van der Waals surface area contributed by atoms with E-state index in [0.717, 1.165) is 0 Å². The summed E-state index contributed by atoms with van der Waals surface area (Å²) in [5.41, 5.74) is -0.822. The van der Waals surface area contributed by atoms with E-state index in [0.29, 0.717) is 0 Å². The lowest BCUT2D eigenvalue weighted by molar-refractivity contribution is 0.0785. The van der Waals surface area contributed by atoms with Gasteiger partial charge in [-0.2, -0.15) is 0 Å². The van der Waals surface area contributed by atoms with Crippen LogP contribution in [-0.2, 0) is 24.8 Å². The van der Waals surface area contributed by atoms with E-state index >= 15 is 0 Å². The molecular weight excluding hydrogens is 280 g/mol. The lowest BCUT2D eigenvalue weighted by atomic mass is 9.91. The maximum Gasteiger partial charge on any atom is 0.235 e. The molecule has 0 fully saturated rings. The molecule has 0 saturated carbocycles. The van der Waals surface area contributed by atoms with Gasteiger partial charge < -0.3 is 4.74 Å². The minimum Gasteiger partial charge on any atom is -0.370 e. The highest BCUT2D eigenvalue weighted by Crippen LogP contribution is 2.34. The number of hydrogen-bond donors (Lipinski definition) is 2. The first-order chi connectivity index (χ1) is 7.93. The van der Waals surface area contributed by atoms with Crippen molar-refractivity contribution in [2.24, 2.45) is 10.3 Å². The highest BCUT2D eigenvalue weighted by molar-refractivity contribution is 7.96. The first kappa shape index (κ1) is 15.3. The molecule has 2 atom stereocenters. The predicted molar refractivity (Wildman–Crippen MR) is 67.3 cm³/mol. The zero-order chi connectivity index (χ0) is 14.4. The van der Waals surface area contributed by atoms with Crippen molar-refractivity contribution in [1.29, 1.82) is 0 Å². The number of hydrogen-bond acceptors (Lipinski definition) is 5. The van der Waals surface area contributed by atoms with Crippen LogP contribution in [-0.4, -0.2) is 34.8 Å². The molecule has 7 nitrogen and oxygen atoms in total. The van der Waals surface area contributed by atoms with E-state index in [1.165, 1.54) is 26.2 Å². The summed E-state index contributed by atoms with van der Waals surface area (Å²) >= 11 is 0. The number of sulfonamides is 2. The number of methoxy groups -OCH3 is 1. The summed E-state index contributed by atoms with van der Waals surface area (Å²) in [7, 11) is -6.93. The van der Waals surface area contributed by atoms with Crippen LogP contribution in [0, 0.1) is 0 Å². The number of primary sulfonamides is 2. The van der Waals surface area contributed by atoms with Crippen molar-refractivity contribution in [2.45, 2.75) is 24.7 Å². The van der Waals surface area contributed by atoms with Crippen molar-refractivity contribution < 1.29 is 21.6 Å². The first-order valence-electron chi connectivity index (χ1n) is 4.93. The minimum atomic E-state index is -4.20. The Labute approximate surface area is 107 Å². The Morgan fingerprint density at radius 2 is 1.78 bits per heavy atom. The number of ether oxygens (including phenoxy) is 1. The maximum atomic E-state index is 11.6. The van der Waals surface area contributed by atoms with E-state index < -0.39 is 35.8 Å². The largest absolute Gasteiger partial charge is 0.370 e. The second-order valence-corrected chi connectivity index (χ2v) is 7.43. The monoisotopic (exact) mass is 296 g/mol. The van der Waals surface area contributed by atoms with E-state index in [1.54, 1.807) is 6.92 Å². The molecule has 0 saturated heterocycles. The molecule has 0 bridgehead atoms. The van der Waals surface area contributed by atoms with Crippen LogP contribution in [0.5, 0.6) is 0 Å². The summed E-state index contributed by atoms with van der Waals surface area (Å²) < 4.78 is 51.2. The standard InChI is InChI=1S/C9H16N2O5S2/c1-6-8(18(11,14)15)7(17(10,12)13)4-5-9(6,2)16-3/h4-5,7H,1-3H3,(H2,10,12,13)(H2,11,14,15). The second kappa shape index (κ2) is 4.42. The molecule has 0 heterocycles. The molecule has 2 unspecified atom stereocenters. The van der Waals surface area contributed by atoms with Crippen LogP contribution in [0.15, 0.2) is 22.6 Å². The van der Waals surface area contributed by atoms with E-state index in [-0.39, 0.29) is 5.57 Å². The fourth-order valence-electron chi connectivity index (χ4n) is 1.80. The zero-order valence-electron chi connectivity index (χ0n) is 10.2. The summed E-state index contributed by atoms with van der Waals surface area (Å²) in [6, 6.07) is 0. The normalized spacial score (nSPS) is 29.7. The molecule has 1 aliphatic rings. The lowest BCUT2D eigenvalue weighted by Gasteiger charge is -2.33. The van der Waals surface area contributed by atoms with Crippen molar-refractivity contribution in [2.75, 3.05) is 7.11 Å². The third-order valence-corrected chi connectivity index (χ3v) is 5.47. The molecular formula is C9H16N2O5S2. The van der Waals surface area contributed by atoms with Gasteiger partial charge in [-0.25, -0.2) is 27.1 Å². The van der Waals surface area contributed by atoms with E-state index in [4.69, 9.17) is 15.0 Å². The second-order valence-electron chi connectivity index (χ2n) is 4.21. The highest BCUT2D eigenvalue weighted by atomic mass is 32.2. The molecule has 0 radical (unpaired) electrons. The Hall–Kier alpha value is -0.740. The van der Waals surface area contributed by atoms with Gasteiger partial charge in [-0.15, -0.1) is 0 Å². The molecule has 0 amide bonds. The number of rotatable bonds is 3. The maximum absolute atomic E-state index is 11.6. The van der Waals surface area contributed by atoms with Gasteiger partial charge in [0.25, 0.3) is 0 Å². The van der Waals surface area contributed by atoms with Crippen molar-refractivity contribution in [3.8, 4) is 0 Å². The molecule has 0 aromatic carbocycles. The van der Waals surface area contributed by atoms with E-state index in [2.05, 4.69) is 0 Å². The third-order valence-electron chi connectivity index (χ3n) is 3.05. The fourth-order valence-corrected chi connectivity index (χ4v) is 4.41. The van der Waals surface area contributed by atoms with E-state index in [9.17, 15) is 16.8 Å². The van der Waals surface area contributed by atoms with Gasteiger partial charge in [0.15, 0.2) is 0 Å². The Morgan fingerprint density at radius 3 is 2.11 bits per heavy atom. The molecule has 104 valence electrons. The fraction of sp³-hybridized carbons (Fsp3) is 0.556. The van der Waals surface area contributed by atoms with E-state index in [1.807, 2.05) is 0 Å². The average molecular weight is 296 g/mol. The van der Waals surface area contributed by atoms with Gasteiger partial charge >= 0.3 is 0 Å². The van der Waals surface area contributed by atoms with Crippen molar-refractivity contribution >= 4 is 20.0 Å².